The monoisotopic (exact) mass is 516 g/mol. The molecule has 0 bridgehead atoms. The zero-order valence-corrected chi connectivity index (χ0v) is 22.9. The molecule has 1 N–H and O–H groups in total. The first-order valence-electron chi connectivity index (χ1n) is 13.7. The molecule has 0 saturated carbocycles. The van der Waals surface area contributed by atoms with Crippen molar-refractivity contribution in [2.45, 2.75) is 13.8 Å². The summed E-state index contributed by atoms with van der Waals surface area (Å²) in [5.41, 5.74) is 13.0. The van der Waals surface area contributed by atoms with Crippen LogP contribution >= 0.6 is 0 Å². The topological polar surface area (TPSA) is 19.0 Å². The number of hydrogen-bond donors (Lipinski definition) is 1. The van der Waals surface area contributed by atoms with Gasteiger partial charge < -0.3 is 9.88 Å². The van der Waals surface area contributed by atoms with Gasteiger partial charge in [0.05, 0.1) is 0 Å². The molecular formula is C38H32N2. The van der Waals surface area contributed by atoms with Gasteiger partial charge in [0.1, 0.15) is 0 Å². The summed E-state index contributed by atoms with van der Waals surface area (Å²) in [4.78, 5) is 5.61. The van der Waals surface area contributed by atoms with E-state index in [0.717, 1.165) is 28.3 Å². The van der Waals surface area contributed by atoms with Crippen molar-refractivity contribution in [3.05, 3.63) is 174 Å². The minimum Gasteiger partial charge on any atom is -0.361 e. The van der Waals surface area contributed by atoms with E-state index in [2.05, 4.69) is 163 Å². The number of aryl methyl sites for hydroxylation is 2. The number of nitrogens with one attached hydrogen (secondary N) is 1. The summed E-state index contributed by atoms with van der Waals surface area (Å²) in [5.74, 6) is 0. The van der Waals surface area contributed by atoms with Crippen molar-refractivity contribution in [2.75, 3.05) is 4.90 Å². The highest BCUT2D eigenvalue weighted by Gasteiger charge is 2.13. The van der Waals surface area contributed by atoms with E-state index in [1.54, 1.807) is 0 Å². The van der Waals surface area contributed by atoms with Crippen LogP contribution in [0.1, 0.15) is 27.8 Å². The third-order valence-corrected chi connectivity index (χ3v) is 7.24. The molecule has 40 heavy (non-hydrogen) atoms. The Morgan fingerprint density at radius 3 is 1.57 bits per heavy atom. The van der Waals surface area contributed by atoms with Gasteiger partial charge in [-0.1, -0.05) is 102 Å². The van der Waals surface area contributed by atoms with Crippen LogP contribution in [0.25, 0.3) is 22.9 Å². The van der Waals surface area contributed by atoms with Crippen LogP contribution < -0.4 is 4.90 Å². The summed E-state index contributed by atoms with van der Waals surface area (Å²) in [6.45, 7) is 4.25. The maximum atomic E-state index is 3.30. The molecule has 6 rings (SSSR count). The van der Waals surface area contributed by atoms with Gasteiger partial charge >= 0.3 is 0 Å². The lowest BCUT2D eigenvalue weighted by Crippen LogP contribution is -2.09. The molecule has 0 unspecified atom stereocenters. The molecule has 0 aliphatic heterocycles. The molecule has 2 heteroatoms. The predicted molar refractivity (Wildman–Crippen MR) is 170 cm³/mol. The largest absolute Gasteiger partial charge is 0.361 e. The second-order valence-electron chi connectivity index (χ2n) is 10.2. The minimum atomic E-state index is 1.12. The second kappa shape index (κ2) is 11.3. The molecule has 6 aromatic rings. The van der Waals surface area contributed by atoms with Crippen LogP contribution in [0.5, 0.6) is 0 Å². The molecule has 194 valence electrons. The fraction of sp³-hybridized carbons (Fsp3) is 0.0526. The van der Waals surface area contributed by atoms with Crippen molar-refractivity contribution >= 4 is 28.7 Å². The zero-order valence-electron chi connectivity index (χ0n) is 22.9. The first kappa shape index (κ1) is 25.2. The fourth-order valence-electron chi connectivity index (χ4n) is 5.01. The summed E-state index contributed by atoms with van der Waals surface area (Å²) in [7, 11) is 0. The highest BCUT2D eigenvalue weighted by atomic mass is 15.1. The first-order valence-corrected chi connectivity index (χ1v) is 13.7. The maximum absolute atomic E-state index is 3.30. The third-order valence-electron chi connectivity index (χ3n) is 7.24. The fourth-order valence-corrected chi connectivity index (χ4v) is 5.01. The Hall–Kier alpha value is -5.08. The molecule has 2 nitrogen and oxygen atoms in total. The Morgan fingerprint density at radius 2 is 1.05 bits per heavy atom. The van der Waals surface area contributed by atoms with Gasteiger partial charge in [-0.25, -0.2) is 0 Å². The van der Waals surface area contributed by atoms with Gasteiger partial charge in [0.15, 0.2) is 0 Å². The third kappa shape index (κ3) is 5.52. The summed E-state index contributed by atoms with van der Waals surface area (Å²) >= 11 is 0. The maximum Gasteiger partial charge on any atom is 0.0462 e. The van der Waals surface area contributed by atoms with Crippen molar-refractivity contribution < 1.29 is 0 Å². The van der Waals surface area contributed by atoms with E-state index in [4.69, 9.17) is 0 Å². The molecular weight excluding hydrogens is 484 g/mol. The lowest BCUT2D eigenvalue weighted by atomic mass is 9.94. The number of H-pyrrole nitrogens is 1. The zero-order chi connectivity index (χ0) is 27.3. The van der Waals surface area contributed by atoms with Crippen LogP contribution in [0, 0.1) is 13.8 Å². The van der Waals surface area contributed by atoms with E-state index in [9.17, 15) is 0 Å². The second-order valence-corrected chi connectivity index (χ2v) is 10.2. The van der Waals surface area contributed by atoms with Crippen LogP contribution in [0.2, 0.25) is 0 Å². The van der Waals surface area contributed by atoms with E-state index in [1.807, 2.05) is 12.3 Å². The molecule has 0 atom stereocenters. The lowest BCUT2D eigenvalue weighted by Gasteiger charge is -2.26. The number of aromatic amines is 1. The minimum absolute atomic E-state index is 1.12. The summed E-state index contributed by atoms with van der Waals surface area (Å²) in [6.07, 6.45) is 4.24. The predicted octanol–water partition coefficient (Wildman–Crippen LogP) is 10.4. The normalized spacial score (nSPS) is 11.4. The van der Waals surface area contributed by atoms with Gasteiger partial charge in [-0.15, -0.1) is 0 Å². The number of benzene rings is 5. The Morgan fingerprint density at radius 1 is 0.525 bits per heavy atom. The van der Waals surface area contributed by atoms with Gasteiger partial charge in [-0.05, 0) is 96.3 Å². The molecule has 1 aromatic heterocycles. The molecule has 0 amide bonds. The van der Waals surface area contributed by atoms with Gasteiger partial charge in [0.25, 0.3) is 0 Å². The van der Waals surface area contributed by atoms with E-state index >= 15 is 0 Å². The SMILES string of the molecule is Cc1ccc(N(c2ccc(C)cc2)c2ccc(/C=C(\c3ccccc3)c3ccc(-c4ccc[nH]4)cc3)cc2)cc1. The van der Waals surface area contributed by atoms with E-state index in [-0.39, 0.29) is 0 Å². The Labute approximate surface area is 236 Å². The molecule has 0 saturated heterocycles. The van der Waals surface area contributed by atoms with E-state index < -0.39 is 0 Å². The summed E-state index contributed by atoms with van der Waals surface area (Å²) in [6, 6.07) is 49.8. The summed E-state index contributed by atoms with van der Waals surface area (Å²) in [5, 5.41) is 0. The Balaban J connectivity index is 1.37. The number of rotatable bonds is 7. The average Bonchev–Trinajstić information content (AvgIpc) is 3.55. The van der Waals surface area contributed by atoms with Crippen molar-refractivity contribution in [1.29, 1.82) is 0 Å². The standard InChI is InChI=1S/C38H32N2/c1-28-10-20-34(21-11-28)40(35-22-12-29(2)13-23-35)36-24-14-30(15-25-36)27-37(31-7-4-3-5-8-31)32-16-18-33(19-17-32)38-9-6-26-39-38/h3-27,39H,1-2H3/b37-27+. The quantitative estimate of drug-likeness (QED) is 0.209. The molecule has 0 spiro atoms. The highest BCUT2D eigenvalue weighted by molar-refractivity contribution is 5.92. The van der Waals surface area contributed by atoms with Crippen LogP contribution in [-0.4, -0.2) is 4.98 Å². The van der Waals surface area contributed by atoms with Gasteiger partial charge in [-0.3, -0.25) is 0 Å². The number of anilines is 3. The smallest absolute Gasteiger partial charge is 0.0462 e. The molecule has 0 aliphatic carbocycles. The van der Waals surface area contributed by atoms with Crippen LogP contribution in [0.4, 0.5) is 17.1 Å². The molecule has 0 radical (unpaired) electrons. The number of nitrogens with zero attached hydrogens (tertiary/aromatic N) is 1. The lowest BCUT2D eigenvalue weighted by molar-refractivity contribution is 1.27. The van der Waals surface area contributed by atoms with Crippen LogP contribution in [0.3, 0.4) is 0 Å². The molecule has 5 aromatic carbocycles. The highest BCUT2D eigenvalue weighted by Crippen LogP contribution is 2.35. The Kier molecular flexibility index (Phi) is 7.15. The number of aromatic nitrogens is 1. The van der Waals surface area contributed by atoms with E-state index in [1.165, 1.54) is 33.4 Å². The molecule has 0 fully saturated rings. The van der Waals surface area contributed by atoms with E-state index in [0.29, 0.717) is 0 Å². The number of hydrogen-bond acceptors (Lipinski definition) is 1. The average molecular weight is 517 g/mol. The molecule has 0 aliphatic rings. The van der Waals surface area contributed by atoms with Crippen molar-refractivity contribution in [3.63, 3.8) is 0 Å². The van der Waals surface area contributed by atoms with Crippen molar-refractivity contribution in [1.82, 2.24) is 4.98 Å². The summed E-state index contributed by atoms with van der Waals surface area (Å²) < 4.78 is 0. The van der Waals surface area contributed by atoms with Gasteiger partial charge in [0, 0.05) is 29.0 Å². The van der Waals surface area contributed by atoms with Gasteiger partial charge in [0.2, 0.25) is 0 Å². The molecule has 1 heterocycles. The van der Waals surface area contributed by atoms with Crippen LogP contribution in [-0.2, 0) is 0 Å². The Bertz CT molecular complexity index is 1650. The van der Waals surface area contributed by atoms with Crippen molar-refractivity contribution in [3.8, 4) is 11.3 Å². The van der Waals surface area contributed by atoms with Crippen LogP contribution in [0.15, 0.2) is 146 Å². The van der Waals surface area contributed by atoms with Gasteiger partial charge in [-0.2, -0.15) is 0 Å². The van der Waals surface area contributed by atoms with Crippen molar-refractivity contribution in [2.24, 2.45) is 0 Å². The first-order chi connectivity index (χ1) is 19.6.